The molecular weight excluding hydrogens is 406 g/mol. The molecule has 0 unspecified atom stereocenters. The Morgan fingerprint density at radius 2 is 1.03 bits per heavy atom. The molecule has 4 aromatic carbocycles. The summed E-state index contributed by atoms with van der Waals surface area (Å²) in [6, 6.07) is 35.8. The van der Waals surface area contributed by atoms with Gasteiger partial charge in [-0.3, -0.25) is 13.4 Å². The van der Waals surface area contributed by atoms with Gasteiger partial charge in [-0.2, -0.15) is 0 Å². The molecule has 4 aromatic heterocycles. The standard InChI is InChI=1S/C28H17N5/c1-2-10-18(11-3-1)31-22-15-7-4-12-19(22)25-28(31)33-24-17-9-6-14-21(24)30-27(33)26-29-20-13-5-8-16-23(20)32(25)26/h1-17H. The minimum Gasteiger partial charge on any atom is -0.294 e. The minimum atomic E-state index is 0.861. The molecule has 0 aliphatic heterocycles. The highest BCUT2D eigenvalue weighted by molar-refractivity contribution is 6.11. The van der Waals surface area contributed by atoms with Gasteiger partial charge in [-0.25, -0.2) is 9.97 Å². The van der Waals surface area contributed by atoms with Gasteiger partial charge in [0.2, 0.25) is 0 Å². The maximum atomic E-state index is 5.06. The van der Waals surface area contributed by atoms with Gasteiger partial charge >= 0.3 is 0 Å². The first-order valence-electron chi connectivity index (χ1n) is 11.0. The van der Waals surface area contributed by atoms with Gasteiger partial charge < -0.3 is 0 Å². The van der Waals surface area contributed by atoms with Crippen molar-refractivity contribution in [2.45, 2.75) is 0 Å². The van der Waals surface area contributed by atoms with Crippen molar-refractivity contribution in [3.8, 4) is 5.69 Å². The van der Waals surface area contributed by atoms with Crippen molar-refractivity contribution < 1.29 is 0 Å². The second-order valence-electron chi connectivity index (χ2n) is 8.38. The predicted octanol–water partition coefficient (Wildman–Crippen LogP) is 6.39. The number of nitrogens with zero attached hydrogens (tertiary/aromatic N) is 5. The van der Waals surface area contributed by atoms with Gasteiger partial charge in [-0.1, -0.05) is 60.7 Å². The molecule has 0 spiro atoms. The van der Waals surface area contributed by atoms with Crippen molar-refractivity contribution in [2.24, 2.45) is 0 Å². The van der Waals surface area contributed by atoms with Crippen molar-refractivity contribution in [3.05, 3.63) is 103 Å². The third-order valence-electron chi connectivity index (χ3n) is 6.60. The molecule has 8 rings (SSSR count). The number of aromatic nitrogens is 5. The fourth-order valence-corrected chi connectivity index (χ4v) is 5.27. The zero-order valence-corrected chi connectivity index (χ0v) is 17.6. The summed E-state index contributed by atoms with van der Waals surface area (Å²) in [5.41, 5.74) is 10.3. The van der Waals surface area contributed by atoms with Crippen molar-refractivity contribution in [3.63, 3.8) is 0 Å². The molecule has 33 heavy (non-hydrogen) atoms. The Balaban J connectivity index is 1.81. The Kier molecular flexibility index (Phi) is 3.08. The van der Waals surface area contributed by atoms with Crippen molar-refractivity contribution >= 4 is 55.4 Å². The van der Waals surface area contributed by atoms with Gasteiger partial charge in [-0.05, 0) is 42.5 Å². The monoisotopic (exact) mass is 423 g/mol. The Labute approximate surface area is 187 Å². The topological polar surface area (TPSA) is 39.5 Å². The quantitative estimate of drug-likeness (QED) is 0.307. The van der Waals surface area contributed by atoms with Crippen LogP contribution in [0.5, 0.6) is 0 Å². The van der Waals surface area contributed by atoms with Gasteiger partial charge in [0.15, 0.2) is 11.3 Å². The van der Waals surface area contributed by atoms with Crippen LogP contribution < -0.4 is 0 Å². The zero-order chi connectivity index (χ0) is 21.5. The molecule has 0 aliphatic rings. The average molecular weight is 423 g/mol. The molecule has 0 fully saturated rings. The number of fused-ring (bicyclic) bond motifs is 12. The number of rotatable bonds is 1. The van der Waals surface area contributed by atoms with E-state index in [-0.39, 0.29) is 0 Å². The van der Waals surface area contributed by atoms with E-state index in [2.05, 4.69) is 104 Å². The second-order valence-corrected chi connectivity index (χ2v) is 8.38. The molecule has 5 nitrogen and oxygen atoms in total. The Morgan fingerprint density at radius 3 is 1.76 bits per heavy atom. The largest absolute Gasteiger partial charge is 0.294 e. The number of benzene rings is 4. The summed E-state index contributed by atoms with van der Waals surface area (Å²) in [5.74, 6) is 0. The molecule has 0 bridgehead atoms. The fraction of sp³-hybridized carbons (Fsp3) is 0. The Hall–Kier alpha value is -4.64. The lowest BCUT2D eigenvalue weighted by atomic mass is 10.2. The van der Waals surface area contributed by atoms with Crippen molar-refractivity contribution in [1.82, 2.24) is 23.3 Å². The van der Waals surface area contributed by atoms with E-state index >= 15 is 0 Å². The summed E-state index contributed by atoms with van der Waals surface area (Å²) in [7, 11) is 0. The molecular formula is C28H17N5. The molecule has 0 N–H and O–H groups in total. The van der Waals surface area contributed by atoms with E-state index in [0.717, 1.165) is 55.7 Å². The van der Waals surface area contributed by atoms with Gasteiger partial charge in [0.25, 0.3) is 0 Å². The molecule has 0 radical (unpaired) electrons. The van der Waals surface area contributed by atoms with Gasteiger partial charge in [0.1, 0.15) is 5.65 Å². The summed E-state index contributed by atoms with van der Waals surface area (Å²) in [6.07, 6.45) is 0. The number of hydrogen-bond acceptors (Lipinski definition) is 2. The molecule has 0 saturated heterocycles. The molecule has 5 heteroatoms. The van der Waals surface area contributed by atoms with E-state index in [1.807, 2.05) is 12.1 Å². The SMILES string of the molecule is c1ccc(-n2c3ccccc3c3c2n2c4ccccc4nc2c2nc4ccccc4n23)cc1. The molecule has 4 heterocycles. The van der Waals surface area contributed by atoms with E-state index < -0.39 is 0 Å². The first-order chi connectivity index (χ1) is 16.4. The van der Waals surface area contributed by atoms with Crippen molar-refractivity contribution in [1.29, 1.82) is 0 Å². The van der Waals surface area contributed by atoms with Crippen LogP contribution in [0.4, 0.5) is 0 Å². The normalized spacial score (nSPS) is 12.2. The maximum Gasteiger partial charge on any atom is 0.183 e. The van der Waals surface area contributed by atoms with E-state index in [1.54, 1.807) is 0 Å². The highest BCUT2D eigenvalue weighted by Gasteiger charge is 2.23. The third-order valence-corrected chi connectivity index (χ3v) is 6.60. The van der Waals surface area contributed by atoms with Crippen LogP contribution in [0.25, 0.3) is 61.1 Å². The molecule has 154 valence electrons. The first-order valence-corrected chi connectivity index (χ1v) is 11.0. The van der Waals surface area contributed by atoms with Gasteiger partial charge in [0, 0.05) is 11.1 Å². The number of hydrogen-bond donors (Lipinski definition) is 0. The summed E-state index contributed by atoms with van der Waals surface area (Å²) >= 11 is 0. The van der Waals surface area contributed by atoms with Crippen LogP contribution in [0.1, 0.15) is 0 Å². The van der Waals surface area contributed by atoms with E-state index in [1.165, 1.54) is 5.39 Å². The van der Waals surface area contributed by atoms with Gasteiger partial charge in [-0.15, -0.1) is 0 Å². The summed E-state index contributed by atoms with van der Waals surface area (Å²) in [4.78, 5) is 10.1. The molecule has 8 aromatic rings. The second kappa shape index (κ2) is 5.99. The Morgan fingerprint density at radius 1 is 0.485 bits per heavy atom. The van der Waals surface area contributed by atoms with Crippen LogP contribution in [-0.2, 0) is 0 Å². The zero-order valence-electron chi connectivity index (χ0n) is 17.6. The van der Waals surface area contributed by atoms with Crippen LogP contribution >= 0.6 is 0 Å². The fourth-order valence-electron chi connectivity index (χ4n) is 5.27. The molecule has 0 saturated carbocycles. The van der Waals surface area contributed by atoms with Gasteiger partial charge in [0.05, 0.1) is 33.1 Å². The van der Waals surface area contributed by atoms with Crippen LogP contribution in [0.2, 0.25) is 0 Å². The first kappa shape index (κ1) is 17.0. The molecule has 0 atom stereocenters. The summed E-state index contributed by atoms with van der Waals surface area (Å²) in [6.45, 7) is 0. The van der Waals surface area contributed by atoms with Crippen LogP contribution in [0.3, 0.4) is 0 Å². The summed E-state index contributed by atoms with van der Waals surface area (Å²) in [5, 5.41) is 1.18. The average Bonchev–Trinajstić information content (AvgIpc) is 3.54. The van der Waals surface area contributed by atoms with Crippen molar-refractivity contribution in [2.75, 3.05) is 0 Å². The third kappa shape index (κ3) is 2.06. The molecule has 0 amide bonds. The number of imidazole rings is 2. The Bertz CT molecular complexity index is 2020. The van der Waals surface area contributed by atoms with E-state index in [4.69, 9.17) is 9.97 Å². The van der Waals surface area contributed by atoms with E-state index in [0.29, 0.717) is 0 Å². The number of para-hydroxylation sites is 6. The molecule has 0 aliphatic carbocycles. The highest BCUT2D eigenvalue weighted by Crippen LogP contribution is 2.37. The van der Waals surface area contributed by atoms with E-state index in [9.17, 15) is 0 Å². The lowest BCUT2D eigenvalue weighted by Crippen LogP contribution is -2.02. The smallest absolute Gasteiger partial charge is 0.183 e. The van der Waals surface area contributed by atoms with Crippen LogP contribution in [0.15, 0.2) is 103 Å². The maximum absolute atomic E-state index is 5.06. The summed E-state index contributed by atoms with van der Waals surface area (Å²) < 4.78 is 6.91. The minimum absolute atomic E-state index is 0.861. The highest BCUT2D eigenvalue weighted by atomic mass is 15.2. The van der Waals surface area contributed by atoms with Crippen LogP contribution in [-0.4, -0.2) is 23.3 Å². The lowest BCUT2D eigenvalue weighted by molar-refractivity contribution is 1.09. The lowest BCUT2D eigenvalue weighted by Gasteiger charge is -2.10. The van der Waals surface area contributed by atoms with Crippen LogP contribution in [0, 0.1) is 0 Å². The predicted molar refractivity (Wildman–Crippen MR) is 133 cm³/mol.